The molecule has 0 spiro atoms. The number of rotatable bonds is 3. The first-order valence-corrected chi connectivity index (χ1v) is 5.59. The Labute approximate surface area is 88.4 Å². The summed E-state index contributed by atoms with van der Waals surface area (Å²) in [6.07, 6.45) is 3.61. The van der Waals surface area contributed by atoms with E-state index in [0.29, 0.717) is 5.41 Å². The van der Waals surface area contributed by atoms with Crippen molar-refractivity contribution >= 4 is 0 Å². The zero-order chi connectivity index (χ0) is 10.6. The van der Waals surface area contributed by atoms with Crippen molar-refractivity contribution in [2.45, 2.75) is 47.0 Å². The SMILES string of the molecule is CCCc1cccc(CC(C)(C)C)c1. The highest BCUT2D eigenvalue weighted by molar-refractivity contribution is 5.24. The average Bonchev–Trinajstić information content (AvgIpc) is 2.02. The highest BCUT2D eigenvalue weighted by Gasteiger charge is 2.10. The van der Waals surface area contributed by atoms with Crippen molar-refractivity contribution in [1.82, 2.24) is 0 Å². The molecule has 0 bridgehead atoms. The maximum Gasteiger partial charge on any atom is -0.0230 e. The smallest absolute Gasteiger partial charge is 0.0230 e. The third-order valence-electron chi connectivity index (χ3n) is 2.26. The maximum absolute atomic E-state index is 2.36. The molecule has 0 atom stereocenters. The van der Waals surface area contributed by atoms with Crippen LogP contribution in [-0.4, -0.2) is 0 Å². The summed E-state index contributed by atoms with van der Waals surface area (Å²) >= 11 is 0. The minimum atomic E-state index is 0.394. The van der Waals surface area contributed by atoms with Gasteiger partial charge in [-0.1, -0.05) is 58.4 Å². The summed E-state index contributed by atoms with van der Waals surface area (Å²) in [7, 11) is 0. The Morgan fingerprint density at radius 2 is 1.71 bits per heavy atom. The van der Waals surface area contributed by atoms with Crippen molar-refractivity contribution in [2.75, 3.05) is 0 Å². The molecule has 0 aliphatic rings. The van der Waals surface area contributed by atoms with Crippen LogP contribution in [0.1, 0.15) is 45.2 Å². The van der Waals surface area contributed by atoms with Gasteiger partial charge in [0.25, 0.3) is 0 Å². The van der Waals surface area contributed by atoms with E-state index in [4.69, 9.17) is 0 Å². The predicted molar refractivity (Wildman–Crippen MR) is 63.6 cm³/mol. The first kappa shape index (κ1) is 11.3. The predicted octanol–water partition coefficient (Wildman–Crippen LogP) is 4.23. The van der Waals surface area contributed by atoms with Gasteiger partial charge < -0.3 is 0 Å². The van der Waals surface area contributed by atoms with Crippen LogP contribution in [0.4, 0.5) is 0 Å². The monoisotopic (exact) mass is 190 g/mol. The van der Waals surface area contributed by atoms with Gasteiger partial charge in [-0.25, -0.2) is 0 Å². The summed E-state index contributed by atoms with van der Waals surface area (Å²) in [5, 5.41) is 0. The van der Waals surface area contributed by atoms with E-state index in [0.717, 1.165) is 0 Å². The summed E-state index contributed by atoms with van der Waals surface area (Å²) in [5.41, 5.74) is 3.35. The molecule has 0 aromatic heterocycles. The molecule has 0 radical (unpaired) electrons. The summed E-state index contributed by atoms with van der Waals surface area (Å²) < 4.78 is 0. The fourth-order valence-electron chi connectivity index (χ4n) is 1.80. The van der Waals surface area contributed by atoms with Gasteiger partial charge >= 0.3 is 0 Å². The van der Waals surface area contributed by atoms with Gasteiger partial charge in [0.05, 0.1) is 0 Å². The van der Waals surface area contributed by atoms with Gasteiger partial charge in [0, 0.05) is 0 Å². The van der Waals surface area contributed by atoms with Crippen LogP contribution >= 0.6 is 0 Å². The minimum absolute atomic E-state index is 0.394. The molecule has 0 saturated carbocycles. The van der Waals surface area contributed by atoms with Gasteiger partial charge in [-0.15, -0.1) is 0 Å². The Hall–Kier alpha value is -0.780. The van der Waals surface area contributed by atoms with Crippen LogP contribution in [0.25, 0.3) is 0 Å². The second-order valence-electron chi connectivity index (χ2n) is 5.31. The summed E-state index contributed by atoms with van der Waals surface area (Å²) in [6.45, 7) is 9.11. The van der Waals surface area contributed by atoms with E-state index in [1.807, 2.05) is 0 Å². The van der Waals surface area contributed by atoms with Crippen LogP contribution in [0.2, 0.25) is 0 Å². The number of hydrogen-bond acceptors (Lipinski definition) is 0. The van der Waals surface area contributed by atoms with E-state index in [-0.39, 0.29) is 0 Å². The van der Waals surface area contributed by atoms with Crippen LogP contribution in [0.5, 0.6) is 0 Å². The third-order valence-corrected chi connectivity index (χ3v) is 2.26. The Bertz CT molecular complexity index is 278. The van der Waals surface area contributed by atoms with E-state index in [9.17, 15) is 0 Å². The average molecular weight is 190 g/mol. The van der Waals surface area contributed by atoms with Gasteiger partial charge in [-0.2, -0.15) is 0 Å². The topological polar surface area (TPSA) is 0 Å². The normalized spacial score (nSPS) is 11.7. The molecule has 0 fully saturated rings. The fraction of sp³-hybridized carbons (Fsp3) is 0.571. The largest absolute Gasteiger partial charge is 0.0651 e. The Kier molecular flexibility index (Phi) is 3.74. The molecule has 0 saturated heterocycles. The summed E-state index contributed by atoms with van der Waals surface area (Å²) in [5.74, 6) is 0. The van der Waals surface area contributed by atoms with E-state index < -0.39 is 0 Å². The molecule has 0 heteroatoms. The van der Waals surface area contributed by atoms with E-state index in [1.165, 1.54) is 30.4 Å². The molecule has 0 unspecified atom stereocenters. The number of hydrogen-bond donors (Lipinski definition) is 0. The first-order valence-electron chi connectivity index (χ1n) is 5.59. The molecular weight excluding hydrogens is 168 g/mol. The molecule has 0 heterocycles. The Morgan fingerprint density at radius 3 is 2.29 bits per heavy atom. The van der Waals surface area contributed by atoms with Crippen molar-refractivity contribution < 1.29 is 0 Å². The van der Waals surface area contributed by atoms with Gasteiger partial charge in [-0.3, -0.25) is 0 Å². The molecule has 14 heavy (non-hydrogen) atoms. The van der Waals surface area contributed by atoms with E-state index in [2.05, 4.69) is 52.0 Å². The summed E-state index contributed by atoms with van der Waals surface area (Å²) in [6, 6.07) is 9.01. The molecular formula is C14H22. The molecule has 0 aliphatic heterocycles. The Morgan fingerprint density at radius 1 is 1.07 bits per heavy atom. The third kappa shape index (κ3) is 3.95. The van der Waals surface area contributed by atoms with Gasteiger partial charge in [0.15, 0.2) is 0 Å². The van der Waals surface area contributed by atoms with Crippen LogP contribution in [-0.2, 0) is 12.8 Å². The number of aryl methyl sites for hydroxylation is 1. The molecule has 1 rings (SSSR count). The molecule has 0 N–H and O–H groups in total. The lowest BCUT2D eigenvalue weighted by molar-refractivity contribution is 0.411. The quantitative estimate of drug-likeness (QED) is 0.669. The van der Waals surface area contributed by atoms with Crippen LogP contribution < -0.4 is 0 Å². The zero-order valence-electron chi connectivity index (χ0n) is 9.93. The standard InChI is InChI=1S/C14H22/c1-5-7-12-8-6-9-13(10-12)11-14(2,3)4/h6,8-10H,5,7,11H2,1-4H3. The second-order valence-corrected chi connectivity index (χ2v) is 5.31. The maximum atomic E-state index is 2.36. The molecule has 1 aromatic carbocycles. The van der Waals surface area contributed by atoms with Gasteiger partial charge in [0.2, 0.25) is 0 Å². The van der Waals surface area contributed by atoms with Crippen molar-refractivity contribution in [1.29, 1.82) is 0 Å². The minimum Gasteiger partial charge on any atom is -0.0651 e. The lowest BCUT2D eigenvalue weighted by atomic mass is 9.87. The highest BCUT2D eigenvalue weighted by Crippen LogP contribution is 2.21. The van der Waals surface area contributed by atoms with Crippen LogP contribution in [0.3, 0.4) is 0 Å². The van der Waals surface area contributed by atoms with E-state index in [1.54, 1.807) is 0 Å². The van der Waals surface area contributed by atoms with Gasteiger partial charge in [-0.05, 0) is 29.4 Å². The number of benzene rings is 1. The lowest BCUT2D eigenvalue weighted by Gasteiger charge is -2.18. The molecule has 0 nitrogen and oxygen atoms in total. The molecule has 78 valence electrons. The van der Waals surface area contributed by atoms with E-state index >= 15 is 0 Å². The van der Waals surface area contributed by atoms with Crippen molar-refractivity contribution in [3.8, 4) is 0 Å². The second kappa shape index (κ2) is 4.63. The van der Waals surface area contributed by atoms with Crippen LogP contribution in [0.15, 0.2) is 24.3 Å². The zero-order valence-corrected chi connectivity index (χ0v) is 9.93. The summed E-state index contributed by atoms with van der Waals surface area (Å²) in [4.78, 5) is 0. The van der Waals surface area contributed by atoms with Crippen molar-refractivity contribution in [3.05, 3.63) is 35.4 Å². The Balaban J connectivity index is 2.73. The molecule has 0 amide bonds. The highest BCUT2D eigenvalue weighted by atomic mass is 14.2. The molecule has 0 aliphatic carbocycles. The molecule has 1 aromatic rings. The lowest BCUT2D eigenvalue weighted by Crippen LogP contribution is -2.09. The first-order chi connectivity index (χ1) is 6.51. The van der Waals surface area contributed by atoms with Crippen molar-refractivity contribution in [3.63, 3.8) is 0 Å². The van der Waals surface area contributed by atoms with Gasteiger partial charge in [0.1, 0.15) is 0 Å². The van der Waals surface area contributed by atoms with Crippen molar-refractivity contribution in [2.24, 2.45) is 5.41 Å². The fourth-order valence-corrected chi connectivity index (χ4v) is 1.80. The van der Waals surface area contributed by atoms with Crippen LogP contribution in [0, 0.1) is 5.41 Å².